The van der Waals surface area contributed by atoms with Crippen LogP contribution in [0, 0.1) is 0 Å². The maximum atomic E-state index is 10.7. The highest BCUT2D eigenvalue weighted by molar-refractivity contribution is 9.10. The zero-order chi connectivity index (χ0) is 42.3. The quantitative estimate of drug-likeness (QED) is 0.103. The highest BCUT2D eigenvalue weighted by Gasteiger charge is 2.15. The van der Waals surface area contributed by atoms with Gasteiger partial charge in [-0.25, -0.2) is 0 Å². The summed E-state index contributed by atoms with van der Waals surface area (Å²) in [4.78, 5) is 0. The van der Waals surface area contributed by atoms with Gasteiger partial charge < -0.3 is 20.3 Å². The van der Waals surface area contributed by atoms with Crippen molar-refractivity contribution in [1.29, 1.82) is 0 Å². The maximum Gasteiger partial charge on any atom is 0.488 e. The van der Waals surface area contributed by atoms with Crippen molar-refractivity contribution in [2.24, 2.45) is 0 Å². The minimum absolute atomic E-state index is 0.286. The van der Waals surface area contributed by atoms with E-state index >= 15 is 0 Å². The van der Waals surface area contributed by atoms with Gasteiger partial charge in [-0.15, -0.1) is 0 Å². The first-order valence-electron chi connectivity index (χ1n) is 20.5. The minimum atomic E-state index is -1.44. The fraction of sp³-hybridized carbons (Fsp3) is 0. The second-order valence-corrected chi connectivity index (χ2v) is 16.2. The zero-order valence-electron chi connectivity index (χ0n) is 33.4. The molecule has 12 aromatic rings. The summed E-state index contributed by atoms with van der Waals surface area (Å²) in [5.74, 6) is 0.599. The lowest BCUT2D eigenvalue weighted by atomic mass is 9.78. The van der Waals surface area contributed by atoms with Gasteiger partial charge in [-0.3, -0.25) is 0 Å². The van der Waals surface area contributed by atoms with Crippen molar-refractivity contribution in [3.63, 3.8) is 0 Å². The van der Waals surface area contributed by atoms with Gasteiger partial charge in [0.25, 0.3) is 0 Å². The van der Waals surface area contributed by atoms with E-state index in [4.69, 9.17) is 0 Å². The standard InChI is InChI=1S/C28H18O.C18H13BO2.C10H7BrO/c29-27-16-14-18-7-1-2-8-20(18)28(27)19-13-15-25-23-11-4-3-9-21(23)22-10-5-6-12-24(22)26(25)17-19;20-19(21)12-9-10-17-15-7-2-1-5-13(15)14-6-3-4-8-16(14)18(17)11-12;11-10-8-4-2-1-3-7(8)5-6-9(10)12/h1-17,29H;1-11,20-21H;1-6,12H. The van der Waals surface area contributed by atoms with Gasteiger partial charge in [0.05, 0.1) is 4.47 Å². The Morgan fingerprint density at radius 1 is 0.306 bits per heavy atom. The van der Waals surface area contributed by atoms with Gasteiger partial charge in [0.1, 0.15) is 11.5 Å². The Bertz CT molecular complexity index is 3610. The predicted molar refractivity (Wildman–Crippen MR) is 266 cm³/mol. The van der Waals surface area contributed by atoms with Crippen LogP contribution in [0.2, 0.25) is 0 Å². The van der Waals surface area contributed by atoms with Crippen molar-refractivity contribution in [1.82, 2.24) is 0 Å². The van der Waals surface area contributed by atoms with E-state index in [-0.39, 0.29) is 5.75 Å². The summed E-state index contributed by atoms with van der Waals surface area (Å²) < 4.78 is 0.764. The van der Waals surface area contributed by atoms with Crippen molar-refractivity contribution in [3.8, 4) is 22.6 Å². The molecule has 0 saturated carbocycles. The van der Waals surface area contributed by atoms with Crippen molar-refractivity contribution in [2.45, 2.75) is 0 Å². The van der Waals surface area contributed by atoms with Crippen LogP contribution < -0.4 is 5.46 Å². The average Bonchev–Trinajstić information content (AvgIpc) is 3.33. The highest BCUT2D eigenvalue weighted by Crippen LogP contribution is 2.41. The molecule has 0 saturated heterocycles. The number of rotatable bonds is 2. The zero-order valence-corrected chi connectivity index (χ0v) is 35.0. The molecule has 6 heteroatoms. The van der Waals surface area contributed by atoms with E-state index in [0.29, 0.717) is 11.2 Å². The van der Waals surface area contributed by atoms with Gasteiger partial charge in [-0.2, -0.15) is 0 Å². The van der Waals surface area contributed by atoms with Crippen molar-refractivity contribution < 1.29 is 20.3 Å². The normalized spacial score (nSPS) is 11.3. The van der Waals surface area contributed by atoms with Crippen molar-refractivity contribution in [3.05, 3.63) is 211 Å². The van der Waals surface area contributed by atoms with Gasteiger partial charge in [0.15, 0.2) is 0 Å². The first-order chi connectivity index (χ1) is 30.4. The van der Waals surface area contributed by atoms with Gasteiger partial charge in [0.2, 0.25) is 0 Å². The lowest BCUT2D eigenvalue weighted by Gasteiger charge is -2.14. The fourth-order valence-electron chi connectivity index (χ4n) is 8.93. The molecule has 0 aromatic heterocycles. The summed E-state index contributed by atoms with van der Waals surface area (Å²) in [5, 5.41) is 57.7. The Labute approximate surface area is 366 Å². The number of benzene rings is 12. The predicted octanol–water partition coefficient (Wildman–Crippen LogP) is 13.8. The van der Waals surface area contributed by atoms with Crippen LogP contribution in [0.4, 0.5) is 0 Å². The van der Waals surface area contributed by atoms with Crippen LogP contribution in [0.25, 0.3) is 97.3 Å². The lowest BCUT2D eigenvalue weighted by molar-refractivity contribution is 0.426. The largest absolute Gasteiger partial charge is 0.507 e. The molecule has 0 unspecified atom stereocenters. The summed E-state index contributed by atoms with van der Waals surface area (Å²) in [6.45, 7) is 0. The van der Waals surface area contributed by atoms with Gasteiger partial charge >= 0.3 is 7.12 Å². The molecule has 0 spiro atoms. The van der Waals surface area contributed by atoms with Crippen LogP contribution in [0.1, 0.15) is 0 Å². The third-order valence-corrected chi connectivity index (χ3v) is 12.7. The molecular weight excluding hydrogens is 827 g/mol. The van der Waals surface area contributed by atoms with E-state index in [2.05, 4.69) is 119 Å². The molecule has 0 amide bonds. The van der Waals surface area contributed by atoms with Crippen molar-refractivity contribution >= 4 is 115 Å². The number of phenolic OH excluding ortho intramolecular Hbond substituents is 2. The molecule has 0 radical (unpaired) electrons. The molecule has 0 atom stereocenters. The number of hydrogen-bond donors (Lipinski definition) is 4. The Morgan fingerprint density at radius 2 is 0.661 bits per heavy atom. The molecule has 0 aliphatic heterocycles. The van der Waals surface area contributed by atoms with E-state index in [1.54, 1.807) is 18.2 Å². The van der Waals surface area contributed by atoms with Gasteiger partial charge in [-0.1, -0.05) is 188 Å². The van der Waals surface area contributed by atoms with E-state index in [1.807, 2.05) is 84.9 Å². The van der Waals surface area contributed by atoms with Crippen LogP contribution in [0.15, 0.2) is 211 Å². The van der Waals surface area contributed by atoms with Gasteiger partial charge in [0, 0.05) is 5.56 Å². The summed E-state index contributed by atoms with van der Waals surface area (Å²) in [6, 6.07) is 69.4. The second-order valence-electron chi connectivity index (χ2n) is 15.4. The van der Waals surface area contributed by atoms with E-state index in [0.717, 1.165) is 53.3 Å². The molecule has 4 nitrogen and oxygen atoms in total. The maximum absolute atomic E-state index is 10.7. The van der Waals surface area contributed by atoms with Crippen molar-refractivity contribution in [2.75, 3.05) is 0 Å². The summed E-state index contributed by atoms with van der Waals surface area (Å²) in [5.41, 5.74) is 2.44. The monoisotopic (exact) mass is 864 g/mol. The summed E-state index contributed by atoms with van der Waals surface area (Å²) >= 11 is 3.33. The first kappa shape index (κ1) is 39.0. The smallest absolute Gasteiger partial charge is 0.488 e. The molecule has 0 aliphatic carbocycles. The van der Waals surface area contributed by atoms with Gasteiger partial charge in [-0.05, 0) is 131 Å². The van der Waals surface area contributed by atoms with Crippen LogP contribution in [0.5, 0.6) is 11.5 Å². The number of hydrogen-bond acceptors (Lipinski definition) is 4. The molecule has 62 heavy (non-hydrogen) atoms. The van der Waals surface area contributed by atoms with Crippen LogP contribution in [-0.2, 0) is 0 Å². The fourth-order valence-corrected chi connectivity index (χ4v) is 9.43. The molecule has 12 aromatic carbocycles. The SMILES string of the molecule is OB(O)c1ccc2c3ccccc3c3ccccc3c2c1.Oc1ccc2ccccc2c1-c1ccc2c3ccccc3c3ccccc3c2c1.Oc1ccc2ccccc2c1Br. The summed E-state index contributed by atoms with van der Waals surface area (Å²) in [7, 11) is -1.44. The molecule has 0 aliphatic rings. The third kappa shape index (κ3) is 6.94. The van der Waals surface area contributed by atoms with Crippen LogP contribution in [-0.4, -0.2) is 27.4 Å². The highest BCUT2D eigenvalue weighted by atomic mass is 79.9. The molecule has 296 valence electrons. The van der Waals surface area contributed by atoms with Crippen LogP contribution in [0.3, 0.4) is 0 Å². The third-order valence-electron chi connectivity index (χ3n) is 11.8. The average molecular weight is 866 g/mol. The Balaban J connectivity index is 0.000000121. The number of fused-ring (bicyclic) bond motifs is 14. The molecule has 0 fully saturated rings. The van der Waals surface area contributed by atoms with E-state index < -0.39 is 7.12 Å². The number of halogens is 1. The molecule has 4 N–H and O–H groups in total. The molecule has 12 rings (SSSR count). The van der Waals surface area contributed by atoms with E-state index in [9.17, 15) is 20.3 Å². The molecular formula is C56H38BBrO4. The first-order valence-corrected chi connectivity index (χ1v) is 21.2. The Kier molecular flexibility index (Phi) is 10.3. The Morgan fingerprint density at radius 3 is 1.15 bits per heavy atom. The Hall–Kier alpha value is -7.22. The minimum Gasteiger partial charge on any atom is -0.507 e. The number of aromatic hydroxyl groups is 2. The number of phenols is 2. The molecule has 0 bridgehead atoms. The molecule has 0 heterocycles. The summed E-state index contributed by atoms with van der Waals surface area (Å²) in [6.07, 6.45) is 0. The van der Waals surface area contributed by atoms with E-state index in [1.165, 1.54) is 48.5 Å². The van der Waals surface area contributed by atoms with Crippen LogP contribution >= 0.6 is 15.9 Å². The lowest BCUT2D eigenvalue weighted by Crippen LogP contribution is -2.29. The topological polar surface area (TPSA) is 80.9 Å². The second kappa shape index (κ2) is 16.3.